The van der Waals surface area contributed by atoms with E-state index in [1.165, 1.54) is 12.3 Å². The molecule has 1 aromatic heterocycles. The summed E-state index contributed by atoms with van der Waals surface area (Å²) >= 11 is 0. The number of hydrogen-bond donors (Lipinski definition) is 1. The smallest absolute Gasteiger partial charge is 0.341 e. The summed E-state index contributed by atoms with van der Waals surface area (Å²) in [6.07, 6.45) is 2.00. The standard InChI is InChI=1S/C19H22FN3O3/c1-10-6-12-16-13(18(24)14(19(25)26)9-23(10)16)7-15(20)17(12)22-5-4-21(3)11(2)8-22/h7,9-11H,4-6,8H2,1-3H3,(H,25,26). The zero-order valence-corrected chi connectivity index (χ0v) is 15.1. The lowest BCUT2D eigenvalue weighted by atomic mass is 10.0. The first-order valence-corrected chi connectivity index (χ1v) is 8.88. The van der Waals surface area contributed by atoms with Crippen LogP contribution in [-0.4, -0.2) is 53.3 Å². The summed E-state index contributed by atoms with van der Waals surface area (Å²) in [4.78, 5) is 28.3. The maximum atomic E-state index is 15.1. The van der Waals surface area contributed by atoms with Crippen LogP contribution in [0.25, 0.3) is 10.9 Å². The van der Waals surface area contributed by atoms with Crippen LogP contribution in [0.3, 0.4) is 0 Å². The molecule has 0 amide bonds. The van der Waals surface area contributed by atoms with Gasteiger partial charge in [-0.2, -0.15) is 0 Å². The number of halogens is 1. The molecule has 2 aromatic rings. The Balaban J connectivity index is 1.96. The largest absolute Gasteiger partial charge is 0.477 e. The summed E-state index contributed by atoms with van der Waals surface area (Å²) in [7, 11) is 2.06. The molecule has 0 spiro atoms. The van der Waals surface area contributed by atoms with Crippen LogP contribution in [0.15, 0.2) is 17.1 Å². The highest BCUT2D eigenvalue weighted by Crippen LogP contribution is 2.40. The molecule has 2 unspecified atom stereocenters. The molecule has 3 heterocycles. The second kappa shape index (κ2) is 5.81. The maximum Gasteiger partial charge on any atom is 0.341 e. The molecule has 2 aliphatic rings. The van der Waals surface area contributed by atoms with E-state index >= 15 is 4.39 Å². The number of aromatic nitrogens is 1. The van der Waals surface area contributed by atoms with Crippen LogP contribution in [0.2, 0.25) is 0 Å². The second-order valence-electron chi connectivity index (χ2n) is 7.49. The first-order valence-electron chi connectivity index (χ1n) is 8.88. The summed E-state index contributed by atoms with van der Waals surface area (Å²) in [5.41, 5.74) is 1.14. The van der Waals surface area contributed by atoms with Gasteiger partial charge in [-0.3, -0.25) is 4.79 Å². The third-order valence-corrected chi connectivity index (χ3v) is 5.82. The first-order chi connectivity index (χ1) is 12.3. The van der Waals surface area contributed by atoms with Crippen LogP contribution in [0.1, 0.15) is 35.8 Å². The Kier molecular flexibility index (Phi) is 3.80. The molecule has 0 saturated carbocycles. The van der Waals surface area contributed by atoms with E-state index in [1.54, 1.807) is 0 Å². The van der Waals surface area contributed by atoms with E-state index in [0.29, 0.717) is 23.7 Å². The molecule has 1 aromatic carbocycles. The summed E-state index contributed by atoms with van der Waals surface area (Å²) in [6, 6.07) is 1.51. The molecule has 26 heavy (non-hydrogen) atoms. The molecule has 7 heteroatoms. The fraction of sp³-hybridized carbons (Fsp3) is 0.474. The van der Waals surface area contributed by atoms with Gasteiger partial charge in [0.25, 0.3) is 0 Å². The van der Waals surface area contributed by atoms with Crippen molar-refractivity contribution in [3.05, 3.63) is 39.4 Å². The van der Waals surface area contributed by atoms with Gasteiger partial charge >= 0.3 is 5.97 Å². The number of likely N-dealkylation sites (N-methyl/N-ethyl adjacent to an activating group) is 1. The van der Waals surface area contributed by atoms with Crippen molar-refractivity contribution in [1.82, 2.24) is 9.47 Å². The van der Waals surface area contributed by atoms with Crippen LogP contribution in [0.5, 0.6) is 0 Å². The molecule has 138 valence electrons. The minimum absolute atomic E-state index is 0.0170. The predicted molar refractivity (Wildman–Crippen MR) is 97.8 cm³/mol. The predicted octanol–water partition coefficient (Wildman–Crippen LogP) is 2.10. The normalized spacial score (nSPS) is 23.0. The molecule has 2 aliphatic heterocycles. The van der Waals surface area contributed by atoms with Crippen molar-refractivity contribution in [1.29, 1.82) is 0 Å². The lowest BCUT2D eigenvalue weighted by Gasteiger charge is -2.39. The lowest BCUT2D eigenvalue weighted by molar-refractivity contribution is 0.0694. The van der Waals surface area contributed by atoms with E-state index < -0.39 is 17.2 Å². The molecule has 4 rings (SSSR count). The molecule has 0 radical (unpaired) electrons. The van der Waals surface area contributed by atoms with Crippen LogP contribution in [-0.2, 0) is 6.42 Å². The third-order valence-electron chi connectivity index (χ3n) is 5.82. The van der Waals surface area contributed by atoms with Gasteiger partial charge in [-0.15, -0.1) is 0 Å². The van der Waals surface area contributed by atoms with E-state index in [1.807, 2.05) is 11.5 Å². The van der Waals surface area contributed by atoms with Crippen LogP contribution >= 0.6 is 0 Å². The van der Waals surface area contributed by atoms with Gasteiger partial charge < -0.3 is 19.5 Å². The van der Waals surface area contributed by atoms with Crippen molar-refractivity contribution in [3.8, 4) is 0 Å². The molecule has 1 N–H and O–H groups in total. The Labute approximate surface area is 150 Å². The topological polar surface area (TPSA) is 65.8 Å². The Morgan fingerprint density at radius 1 is 1.27 bits per heavy atom. The number of rotatable bonds is 2. The number of hydrogen-bond acceptors (Lipinski definition) is 4. The molecule has 1 saturated heterocycles. The highest BCUT2D eigenvalue weighted by molar-refractivity contribution is 5.96. The van der Waals surface area contributed by atoms with Gasteiger partial charge in [-0.1, -0.05) is 0 Å². The fourth-order valence-corrected chi connectivity index (χ4v) is 4.24. The van der Waals surface area contributed by atoms with Gasteiger partial charge in [0.15, 0.2) is 0 Å². The SMILES string of the molecule is CC1CN(c2c(F)cc3c(=O)c(C(=O)O)cn4c3c2CC4C)CCN1C. The number of nitrogens with zero attached hydrogens (tertiary/aromatic N) is 3. The summed E-state index contributed by atoms with van der Waals surface area (Å²) in [6.45, 7) is 6.37. The number of carboxylic acids is 1. The van der Waals surface area contributed by atoms with Crippen molar-refractivity contribution in [3.63, 3.8) is 0 Å². The molecule has 1 fully saturated rings. The molecule has 2 atom stereocenters. The number of pyridine rings is 1. The minimum atomic E-state index is -1.28. The number of carbonyl (C=O) groups is 1. The van der Waals surface area contributed by atoms with Crippen LogP contribution in [0.4, 0.5) is 10.1 Å². The average molecular weight is 359 g/mol. The van der Waals surface area contributed by atoms with E-state index in [2.05, 4.69) is 23.8 Å². The van der Waals surface area contributed by atoms with Crippen molar-refractivity contribution >= 4 is 22.6 Å². The number of anilines is 1. The zero-order chi connectivity index (χ0) is 18.7. The monoisotopic (exact) mass is 359 g/mol. The number of carboxylic acid groups (broad SMARTS) is 1. The quantitative estimate of drug-likeness (QED) is 0.890. The van der Waals surface area contributed by atoms with E-state index in [4.69, 9.17) is 0 Å². The summed E-state index contributed by atoms with van der Waals surface area (Å²) in [5, 5.41) is 9.47. The molecule has 0 bridgehead atoms. The Bertz CT molecular complexity index is 984. The minimum Gasteiger partial charge on any atom is -0.477 e. The number of piperazine rings is 1. The van der Waals surface area contributed by atoms with Crippen molar-refractivity contribution in [2.45, 2.75) is 32.4 Å². The van der Waals surface area contributed by atoms with Gasteiger partial charge in [0.2, 0.25) is 5.43 Å². The van der Waals surface area contributed by atoms with Crippen molar-refractivity contribution in [2.24, 2.45) is 0 Å². The zero-order valence-electron chi connectivity index (χ0n) is 15.1. The number of aromatic carboxylic acids is 1. The van der Waals surface area contributed by atoms with E-state index in [0.717, 1.165) is 25.2 Å². The lowest BCUT2D eigenvalue weighted by Crippen LogP contribution is -2.50. The Morgan fingerprint density at radius 3 is 2.65 bits per heavy atom. The molecular formula is C19H22FN3O3. The Morgan fingerprint density at radius 2 is 2.00 bits per heavy atom. The van der Waals surface area contributed by atoms with Gasteiger partial charge in [0.1, 0.15) is 11.4 Å². The van der Waals surface area contributed by atoms with E-state index in [-0.39, 0.29) is 17.0 Å². The fourth-order valence-electron chi connectivity index (χ4n) is 4.24. The average Bonchev–Trinajstić information content (AvgIpc) is 2.90. The van der Waals surface area contributed by atoms with E-state index in [9.17, 15) is 14.7 Å². The van der Waals surface area contributed by atoms with Gasteiger partial charge in [-0.05, 0) is 33.4 Å². The summed E-state index contributed by atoms with van der Waals surface area (Å²) < 4.78 is 16.9. The van der Waals surface area contributed by atoms with Gasteiger partial charge in [-0.25, -0.2) is 9.18 Å². The number of benzene rings is 1. The van der Waals surface area contributed by atoms with Crippen LogP contribution < -0.4 is 10.3 Å². The first kappa shape index (κ1) is 17.0. The van der Waals surface area contributed by atoms with Crippen LogP contribution in [0, 0.1) is 5.82 Å². The second-order valence-corrected chi connectivity index (χ2v) is 7.49. The molecule has 6 nitrogen and oxygen atoms in total. The highest BCUT2D eigenvalue weighted by atomic mass is 19.1. The van der Waals surface area contributed by atoms with Gasteiger partial charge in [0.05, 0.1) is 11.2 Å². The molecule has 0 aliphatic carbocycles. The summed E-state index contributed by atoms with van der Waals surface area (Å²) in [5.74, 6) is -1.72. The van der Waals surface area contributed by atoms with Crippen molar-refractivity contribution in [2.75, 3.05) is 31.6 Å². The van der Waals surface area contributed by atoms with Crippen molar-refractivity contribution < 1.29 is 14.3 Å². The Hall–Kier alpha value is -2.41. The maximum absolute atomic E-state index is 15.1. The van der Waals surface area contributed by atoms with Gasteiger partial charge in [0, 0.05) is 48.9 Å². The third kappa shape index (κ3) is 2.34. The molecular weight excluding hydrogens is 337 g/mol. The highest BCUT2D eigenvalue weighted by Gasteiger charge is 2.32.